The van der Waals surface area contributed by atoms with Crippen LogP contribution in [0, 0.1) is 0 Å². The number of rotatable bonds is 15. The quantitative estimate of drug-likeness (QED) is 0.108. The molecule has 0 saturated heterocycles. The third kappa shape index (κ3) is 9.78. The molecular formula is C32H36F5NO2S. The highest BCUT2D eigenvalue weighted by molar-refractivity contribution is 7.99. The van der Waals surface area contributed by atoms with Gasteiger partial charge < -0.3 is 14.7 Å². The standard InChI is InChI=1S/C32H36F5NO2S/c1-3-29(24-8-5-4-6-9-24)30(25-10-14-27(39)15-11-25)26-12-16-28(17-13-26)40-21-19-38(2)20-23-41-22-7-18-31(33,34)32(35,36)37/h4-6,8-17,39H,3,7,18-23H2,1-2H3/b30-29+. The molecular weight excluding hydrogens is 557 g/mol. The van der Waals surface area contributed by atoms with E-state index in [-0.39, 0.29) is 17.9 Å². The predicted octanol–water partition coefficient (Wildman–Crippen LogP) is 8.78. The largest absolute Gasteiger partial charge is 0.508 e. The van der Waals surface area contributed by atoms with Crippen molar-refractivity contribution in [3.63, 3.8) is 0 Å². The average Bonchev–Trinajstić information content (AvgIpc) is 2.94. The molecule has 9 heteroatoms. The van der Waals surface area contributed by atoms with E-state index in [2.05, 4.69) is 19.1 Å². The SMILES string of the molecule is CC/C(=C(/c1ccc(O)cc1)c1ccc(OCCN(C)CCSCCCC(F)(F)C(F)(F)F)cc1)c1ccccc1. The third-order valence-corrected chi connectivity index (χ3v) is 7.68. The Morgan fingerprint density at radius 2 is 1.41 bits per heavy atom. The van der Waals surface area contributed by atoms with Gasteiger partial charge in [0.1, 0.15) is 18.1 Å². The van der Waals surface area contributed by atoms with Crippen molar-refractivity contribution < 1.29 is 31.8 Å². The number of alkyl halides is 5. The molecule has 0 aliphatic carbocycles. The van der Waals surface area contributed by atoms with E-state index in [0.717, 1.165) is 34.4 Å². The number of phenolic OH excluding ortho intramolecular Hbond substituents is 1. The van der Waals surface area contributed by atoms with Crippen molar-refractivity contribution >= 4 is 22.9 Å². The summed E-state index contributed by atoms with van der Waals surface area (Å²) in [5, 5.41) is 9.82. The van der Waals surface area contributed by atoms with Crippen LogP contribution in [0.5, 0.6) is 11.5 Å². The van der Waals surface area contributed by atoms with Crippen LogP contribution in [0.25, 0.3) is 11.1 Å². The molecule has 0 spiro atoms. The lowest BCUT2D eigenvalue weighted by Gasteiger charge is -2.19. The molecule has 0 aliphatic rings. The maximum atomic E-state index is 13.0. The van der Waals surface area contributed by atoms with Crippen LogP contribution in [0.2, 0.25) is 0 Å². The predicted molar refractivity (Wildman–Crippen MR) is 158 cm³/mol. The van der Waals surface area contributed by atoms with Crippen LogP contribution in [0.15, 0.2) is 78.9 Å². The van der Waals surface area contributed by atoms with E-state index < -0.39 is 18.5 Å². The van der Waals surface area contributed by atoms with Crippen LogP contribution < -0.4 is 4.74 Å². The van der Waals surface area contributed by atoms with Gasteiger partial charge >= 0.3 is 12.1 Å². The Bertz CT molecular complexity index is 1230. The second-order valence-electron chi connectivity index (χ2n) is 9.71. The van der Waals surface area contributed by atoms with Gasteiger partial charge in [-0.2, -0.15) is 33.7 Å². The van der Waals surface area contributed by atoms with Crippen molar-refractivity contribution in [3.05, 3.63) is 95.6 Å². The van der Waals surface area contributed by atoms with Crippen LogP contribution in [0.1, 0.15) is 42.9 Å². The lowest BCUT2D eigenvalue weighted by atomic mass is 9.88. The van der Waals surface area contributed by atoms with Crippen LogP contribution in [0.4, 0.5) is 22.0 Å². The molecule has 41 heavy (non-hydrogen) atoms. The van der Waals surface area contributed by atoms with Crippen molar-refractivity contribution in [2.45, 2.75) is 38.3 Å². The molecule has 0 bridgehead atoms. The first kappa shape index (κ1) is 32.5. The van der Waals surface area contributed by atoms with E-state index in [9.17, 15) is 27.1 Å². The second kappa shape index (κ2) is 15.3. The molecule has 0 fully saturated rings. The lowest BCUT2D eigenvalue weighted by Crippen LogP contribution is -2.36. The normalized spacial score (nSPS) is 12.9. The molecule has 3 aromatic rings. The molecule has 0 radical (unpaired) electrons. The van der Waals surface area contributed by atoms with Gasteiger partial charge in [-0.15, -0.1) is 0 Å². The lowest BCUT2D eigenvalue weighted by molar-refractivity contribution is -0.284. The van der Waals surface area contributed by atoms with Crippen LogP contribution >= 0.6 is 11.8 Å². The number of halogens is 5. The summed E-state index contributed by atoms with van der Waals surface area (Å²) in [5.41, 5.74) is 5.46. The molecule has 3 rings (SSSR count). The van der Waals surface area contributed by atoms with Gasteiger partial charge in [0.05, 0.1) is 0 Å². The fourth-order valence-corrected chi connectivity index (χ4v) is 5.31. The topological polar surface area (TPSA) is 32.7 Å². The van der Waals surface area contributed by atoms with Gasteiger partial charge in [-0.05, 0) is 77.7 Å². The van der Waals surface area contributed by atoms with E-state index >= 15 is 0 Å². The van der Waals surface area contributed by atoms with Gasteiger partial charge in [0, 0.05) is 25.3 Å². The van der Waals surface area contributed by atoms with E-state index in [0.29, 0.717) is 25.4 Å². The van der Waals surface area contributed by atoms with Crippen molar-refractivity contribution in [1.82, 2.24) is 4.90 Å². The highest BCUT2D eigenvalue weighted by Gasteiger charge is 2.56. The van der Waals surface area contributed by atoms with Gasteiger partial charge in [0.15, 0.2) is 0 Å². The molecule has 3 aromatic carbocycles. The monoisotopic (exact) mass is 593 g/mol. The fraction of sp³-hybridized carbons (Fsp3) is 0.375. The number of hydrogen-bond acceptors (Lipinski definition) is 4. The van der Waals surface area contributed by atoms with E-state index in [1.54, 1.807) is 12.1 Å². The number of thioether (sulfide) groups is 1. The Kier molecular flexibility index (Phi) is 12.1. The molecule has 0 heterocycles. The fourth-order valence-electron chi connectivity index (χ4n) is 4.32. The summed E-state index contributed by atoms with van der Waals surface area (Å²) in [7, 11) is 1.91. The van der Waals surface area contributed by atoms with E-state index in [4.69, 9.17) is 4.74 Å². The maximum absolute atomic E-state index is 13.0. The van der Waals surface area contributed by atoms with Gasteiger partial charge in [-0.3, -0.25) is 0 Å². The number of aromatic hydroxyl groups is 1. The summed E-state index contributed by atoms with van der Waals surface area (Å²) < 4.78 is 68.5. The molecule has 0 saturated carbocycles. The third-order valence-electron chi connectivity index (χ3n) is 6.63. The summed E-state index contributed by atoms with van der Waals surface area (Å²) >= 11 is 1.37. The molecule has 0 aliphatic heterocycles. The molecule has 0 amide bonds. The summed E-state index contributed by atoms with van der Waals surface area (Å²) in [4.78, 5) is 2.03. The molecule has 3 nitrogen and oxygen atoms in total. The molecule has 0 unspecified atom stereocenters. The van der Waals surface area contributed by atoms with Gasteiger partial charge in [-0.25, -0.2) is 0 Å². The van der Waals surface area contributed by atoms with E-state index in [1.807, 2.05) is 66.5 Å². The Labute approximate surface area is 243 Å². The zero-order valence-electron chi connectivity index (χ0n) is 23.3. The number of allylic oxidation sites excluding steroid dienone is 1. The van der Waals surface area contributed by atoms with Crippen molar-refractivity contribution in [3.8, 4) is 11.5 Å². The van der Waals surface area contributed by atoms with Gasteiger partial charge in [-0.1, -0.05) is 61.5 Å². The van der Waals surface area contributed by atoms with Crippen LogP contribution in [0.3, 0.4) is 0 Å². The highest BCUT2D eigenvalue weighted by Crippen LogP contribution is 2.39. The molecule has 1 N–H and O–H groups in total. The summed E-state index contributed by atoms with van der Waals surface area (Å²) in [6.45, 7) is 3.88. The minimum atomic E-state index is -5.48. The number of hydrogen-bond donors (Lipinski definition) is 1. The number of phenols is 1. The Morgan fingerprint density at radius 1 is 0.805 bits per heavy atom. The summed E-state index contributed by atoms with van der Waals surface area (Å²) in [6.07, 6.45) is -6.02. The first-order valence-electron chi connectivity index (χ1n) is 13.5. The van der Waals surface area contributed by atoms with Crippen molar-refractivity contribution in [2.75, 3.05) is 38.2 Å². The highest BCUT2D eigenvalue weighted by atomic mass is 32.2. The minimum Gasteiger partial charge on any atom is -0.508 e. The number of benzene rings is 3. The first-order valence-corrected chi connectivity index (χ1v) is 14.7. The molecule has 0 aromatic heterocycles. The van der Waals surface area contributed by atoms with E-state index in [1.165, 1.54) is 17.3 Å². The number of nitrogens with zero attached hydrogens (tertiary/aromatic N) is 1. The first-order chi connectivity index (χ1) is 19.5. The maximum Gasteiger partial charge on any atom is 0.453 e. The minimum absolute atomic E-state index is 0.186. The Balaban J connectivity index is 1.53. The van der Waals surface area contributed by atoms with Crippen molar-refractivity contribution in [1.29, 1.82) is 0 Å². The Morgan fingerprint density at radius 3 is 2.00 bits per heavy atom. The van der Waals surface area contributed by atoms with Crippen LogP contribution in [-0.4, -0.2) is 60.4 Å². The zero-order chi connectivity index (χ0) is 29.9. The zero-order valence-corrected chi connectivity index (χ0v) is 24.1. The second-order valence-corrected chi connectivity index (χ2v) is 10.9. The number of ether oxygens (including phenoxy) is 1. The Hall–Kier alpha value is -3.04. The average molecular weight is 594 g/mol. The smallest absolute Gasteiger partial charge is 0.453 e. The van der Waals surface area contributed by atoms with Gasteiger partial charge in [0.2, 0.25) is 0 Å². The summed E-state index contributed by atoms with van der Waals surface area (Å²) in [5.74, 6) is -2.79. The van der Waals surface area contributed by atoms with Crippen LogP contribution in [-0.2, 0) is 0 Å². The van der Waals surface area contributed by atoms with Crippen molar-refractivity contribution in [2.24, 2.45) is 0 Å². The van der Waals surface area contributed by atoms with Gasteiger partial charge in [0.25, 0.3) is 0 Å². The summed E-state index contributed by atoms with van der Waals surface area (Å²) in [6, 6.07) is 25.3. The number of likely N-dealkylation sites (N-methyl/N-ethyl adjacent to an activating group) is 1. The molecule has 222 valence electrons. The molecule has 0 atom stereocenters.